The molecule has 0 aliphatic rings. The van der Waals surface area contributed by atoms with Crippen LogP contribution in [0.4, 0.5) is 5.82 Å². The summed E-state index contributed by atoms with van der Waals surface area (Å²) >= 11 is 1.93. The van der Waals surface area contributed by atoms with Crippen LogP contribution in [-0.2, 0) is 5.75 Å². The summed E-state index contributed by atoms with van der Waals surface area (Å²) in [5, 5.41) is 3.62. The Morgan fingerprint density at radius 3 is 2.47 bits per heavy atom. The van der Waals surface area contributed by atoms with Crippen molar-refractivity contribution in [2.45, 2.75) is 31.8 Å². The Hall–Kier alpha value is -0.770. The molecule has 1 aromatic rings. The van der Waals surface area contributed by atoms with Crippen molar-refractivity contribution in [3.63, 3.8) is 0 Å². The molecule has 15 heavy (non-hydrogen) atoms. The normalized spacial score (nSPS) is 12.9. The number of nitrogens with one attached hydrogen (secondary N) is 1. The summed E-state index contributed by atoms with van der Waals surface area (Å²) in [6.07, 6.45) is 3.61. The Kier molecular flexibility index (Phi) is 4.88. The average molecular weight is 225 g/mol. The van der Waals surface area contributed by atoms with E-state index in [9.17, 15) is 0 Å². The zero-order valence-corrected chi connectivity index (χ0v) is 10.6. The van der Waals surface area contributed by atoms with Gasteiger partial charge in [0.1, 0.15) is 5.82 Å². The molecule has 1 heterocycles. The number of aromatic nitrogens is 2. The van der Waals surface area contributed by atoms with Crippen molar-refractivity contribution < 1.29 is 0 Å². The third-order valence-electron chi connectivity index (χ3n) is 2.39. The van der Waals surface area contributed by atoms with E-state index in [-0.39, 0.29) is 0 Å². The average Bonchev–Trinajstić information content (AvgIpc) is 2.26. The lowest BCUT2D eigenvalue weighted by Gasteiger charge is -2.14. The first-order chi connectivity index (χ1) is 7.13. The van der Waals surface area contributed by atoms with E-state index in [2.05, 4.69) is 36.1 Å². The fourth-order valence-electron chi connectivity index (χ4n) is 0.968. The van der Waals surface area contributed by atoms with Gasteiger partial charge < -0.3 is 5.32 Å². The Bertz CT molecular complexity index is 284. The summed E-state index contributed by atoms with van der Waals surface area (Å²) in [4.78, 5) is 8.57. The molecule has 0 aromatic carbocycles. The van der Waals surface area contributed by atoms with Crippen LogP contribution in [-0.4, -0.2) is 22.3 Å². The van der Waals surface area contributed by atoms with Crippen molar-refractivity contribution in [1.82, 2.24) is 9.97 Å². The molecule has 0 bridgehead atoms. The van der Waals surface area contributed by atoms with Crippen molar-refractivity contribution in [3.05, 3.63) is 18.1 Å². The first-order valence-electron chi connectivity index (χ1n) is 5.23. The van der Waals surface area contributed by atoms with Crippen LogP contribution in [0.5, 0.6) is 0 Å². The van der Waals surface area contributed by atoms with Crippen molar-refractivity contribution in [2.75, 3.05) is 12.4 Å². The molecule has 0 saturated heterocycles. The second kappa shape index (κ2) is 5.95. The molecule has 4 heteroatoms. The van der Waals surface area contributed by atoms with E-state index in [1.54, 1.807) is 6.20 Å². The van der Waals surface area contributed by atoms with E-state index in [0.29, 0.717) is 11.2 Å². The number of nitrogens with zero attached hydrogens (tertiary/aromatic N) is 2. The Morgan fingerprint density at radius 1 is 1.27 bits per heavy atom. The van der Waals surface area contributed by atoms with Crippen molar-refractivity contribution >= 4 is 17.6 Å². The molecule has 0 amide bonds. The number of rotatable bonds is 5. The predicted molar refractivity (Wildman–Crippen MR) is 67.2 cm³/mol. The SMILES string of the molecule is CNc1cnc(CSC(C)C(C)C)cn1. The Morgan fingerprint density at radius 2 is 2.00 bits per heavy atom. The van der Waals surface area contributed by atoms with Gasteiger partial charge in [-0.3, -0.25) is 4.98 Å². The molecule has 1 atom stereocenters. The van der Waals surface area contributed by atoms with Gasteiger partial charge in [-0.05, 0) is 5.92 Å². The Balaban J connectivity index is 2.44. The molecule has 1 rings (SSSR count). The molecule has 0 fully saturated rings. The summed E-state index contributed by atoms with van der Waals surface area (Å²) in [7, 11) is 1.85. The molecule has 1 N–H and O–H groups in total. The molecule has 1 aromatic heterocycles. The second-order valence-corrected chi connectivity index (χ2v) is 5.27. The fourth-order valence-corrected chi connectivity index (χ4v) is 1.94. The lowest BCUT2D eigenvalue weighted by Crippen LogP contribution is -2.06. The number of anilines is 1. The predicted octanol–water partition coefficient (Wildman–Crippen LogP) is 2.80. The maximum absolute atomic E-state index is 4.33. The molecular weight excluding hydrogens is 206 g/mol. The number of hydrogen-bond donors (Lipinski definition) is 1. The quantitative estimate of drug-likeness (QED) is 0.836. The monoisotopic (exact) mass is 225 g/mol. The number of thioether (sulfide) groups is 1. The van der Waals surface area contributed by atoms with Crippen molar-refractivity contribution in [2.24, 2.45) is 5.92 Å². The minimum absolute atomic E-state index is 0.663. The second-order valence-electron chi connectivity index (χ2n) is 3.90. The highest BCUT2D eigenvalue weighted by Gasteiger charge is 2.07. The summed E-state index contributed by atoms with van der Waals surface area (Å²) in [6, 6.07) is 0. The lowest BCUT2D eigenvalue weighted by molar-refractivity contribution is 0.642. The first-order valence-corrected chi connectivity index (χ1v) is 6.28. The van der Waals surface area contributed by atoms with Crippen LogP contribution in [0.1, 0.15) is 26.5 Å². The molecule has 0 aliphatic carbocycles. The molecule has 84 valence electrons. The van der Waals surface area contributed by atoms with Crippen LogP contribution < -0.4 is 5.32 Å². The maximum Gasteiger partial charge on any atom is 0.144 e. The lowest BCUT2D eigenvalue weighted by atomic mass is 10.2. The first kappa shape index (κ1) is 12.3. The van der Waals surface area contributed by atoms with Gasteiger partial charge in [0, 0.05) is 18.1 Å². The van der Waals surface area contributed by atoms with Crippen LogP contribution in [0.15, 0.2) is 12.4 Å². The third kappa shape index (κ3) is 4.08. The van der Waals surface area contributed by atoms with Crippen molar-refractivity contribution in [1.29, 1.82) is 0 Å². The van der Waals surface area contributed by atoms with Crippen LogP contribution >= 0.6 is 11.8 Å². The fraction of sp³-hybridized carbons (Fsp3) is 0.636. The van der Waals surface area contributed by atoms with E-state index in [1.807, 2.05) is 25.0 Å². The molecule has 0 spiro atoms. The topological polar surface area (TPSA) is 37.8 Å². The van der Waals surface area contributed by atoms with E-state index in [4.69, 9.17) is 0 Å². The van der Waals surface area contributed by atoms with Gasteiger partial charge >= 0.3 is 0 Å². The largest absolute Gasteiger partial charge is 0.372 e. The third-order valence-corrected chi connectivity index (χ3v) is 3.93. The summed E-state index contributed by atoms with van der Waals surface area (Å²) in [6.45, 7) is 6.74. The zero-order chi connectivity index (χ0) is 11.3. The van der Waals surface area contributed by atoms with Gasteiger partial charge in [0.05, 0.1) is 18.1 Å². The smallest absolute Gasteiger partial charge is 0.144 e. The van der Waals surface area contributed by atoms with Gasteiger partial charge in [0.15, 0.2) is 0 Å². The van der Waals surface area contributed by atoms with Gasteiger partial charge in [-0.25, -0.2) is 4.98 Å². The molecule has 0 saturated carbocycles. The minimum Gasteiger partial charge on any atom is -0.372 e. The van der Waals surface area contributed by atoms with E-state index < -0.39 is 0 Å². The highest BCUT2D eigenvalue weighted by Crippen LogP contribution is 2.22. The van der Waals surface area contributed by atoms with Crippen LogP contribution in [0.25, 0.3) is 0 Å². The molecular formula is C11H19N3S. The zero-order valence-electron chi connectivity index (χ0n) is 9.82. The van der Waals surface area contributed by atoms with Crippen LogP contribution in [0.3, 0.4) is 0 Å². The highest BCUT2D eigenvalue weighted by atomic mass is 32.2. The van der Waals surface area contributed by atoms with Gasteiger partial charge in [0.25, 0.3) is 0 Å². The van der Waals surface area contributed by atoms with Crippen LogP contribution in [0, 0.1) is 5.92 Å². The highest BCUT2D eigenvalue weighted by molar-refractivity contribution is 7.99. The standard InChI is InChI=1S/C11H19N3S/c1-8(2)9(3)15-7-10-5-14-11(12-4)6-13-10/h5-6,8-9H,7H2,1-4H3,(H,12,14). The van der Waals surface area contributed by atoms with Crippen LogP contribution in [0.2, 0.25) is 0 Å². The molecule has 0 radical (unpaired) electrons. The molecule has 0 aliphatic heterocycles. The summed E-state index contributed by atoms with van der Waals surface area (Å²) < 4.78 is 0. The van der Waals surface area contributed by atoms with Gasteiger partial charge in [-0.15, -0.1) is 0 Å². The summed E-state index contributed by atoms with van der Waals surface area (Å²) in [5.74, 6) is 2.47. The van der Waals surface area contributed by atoms with E-state index in [1.165, 1.54) is 0 Å². The van der Waals surface area contributed by atoms with Gasteiger partial charge in [0.2, 0.25) is 0 Å². The molecule has 1 unspecified atom stereocenters. The summed E-state index contributed by atoms with van der Waals surface area (Å²) in [5.41, 5.74) is 1.05. The van der Waals surface area contributed by atoms with E-state index in [0.717, 1.165) is 17.3 Å². The minimum atomic E-state index is 0.663. The number of hydrogen-bond acceptors (Lipinski definition) is 4. The van der Waals surface area contributed by atoms with Crippen molar-refractivity contribution in [3.8, 4) is 0 Å². The maximum atomic E-state index is 4.33. The Labute approximate surface area is 96.1 Å². The van der Waals surface area contributed by atoms with Gasteiger partial charge in [-0.1, -0.05) is 20.8 Å². The molecule has 3 nitrogen and oxygen atoms in total. The van der Waals surface area contributed by atoms with E-state index >= 15 is 0 Å². The van der Waals surface area contributed by atoms with Gasteiger partial charge in [-0.2, -0.15) is 11.8 Å².